The van der Waals surface area contributed by atoms with Gasteiger partial charge in [-0.05, 0) is 42.5 Å². The van der Waals surface area contributed by atoms with Crippen LogP contribution < -0.4 is 14.4 Å². The molecule has 1 amide bonds. The van der Waals surface area contributed by atoms with Crippen LogP contribution in [0.3, 0.4) is 0 Å². The molecule has 0 unspecified atom stereocenters. The molecule has 0 bridgehead atoms. The number of methoxy groups -OCH3 is 1. The molecule has 6 nitrogen and oxygen atoms in total. The third-order valence-corrected chi connectivity index (χ3v) is 6.11. The number of rotatable bonds is 7. The van der Waals surface area contributed by atoms with Crippen molar-refractivity contribution in [2.45, 2.75) is 4.90 Å². The number of carbonyl (C=O) groups is 1. The molecule has 0 heterocycles. The van der Waals surface area contributed by atoms with Gasteiger partial charge in [0.25, 0.3) is 15.9 Å². The zero-order chi connectivity index (χ0) is 20.2. The number of hydrogen-bond acceptors (Lipinski definition) is 4. The van der Waals surface area contributed by atoms with E-state index in [4.69, 9.17) is 16.3 Å². The standard InChI is InChI=1S/C18H18BrClN2O4S/c1-12(19)11-21-18(23)16-10-15(8-9-17(16)20)27(24,25)22(2)13-4-6-14(26-3)7-5-13/h4-10H,1,11H2,2-3H3,(H,21,23). The van der Waals surface area contributed by atoms with Crippen LogP contribution in [-0.2, 0) is 10.0 Å². The van der Waals surface area contributed by atoms with Gasteiger partial charge < -0.3 is 10.1 Å². The van der Waals surface area contributed by atoms with E-state index in [0.29, 0.717) is 15.9 Å². The lowest BCUT2D eigenvalue weighted by Crippen LogP contribution is -2.28. The zero-order valence-corrected chi connectivity index (χ0v) is 17.9. The molecule has 0 aromatic heterocycles. The van der Waals surface area contributed by atoms with E-state index >= 15 is 0 Å². The van der Waals surface area contributed by atoms with Gasteiger partial charge in [-0.3, -0.25) is 9.10 Å². The highest BCUT2D eigenvalue weighted by Gasteiger charge is 2.23. The zero-order valence-electron chi connectivity index (χ0n) is 14.7. The van der Waals surface area contributed by atoms with Gasteiger partial charge in [0.1, 0.15) is 5.75 Å². The summed E-state index contributed by atoms with van der Waals surface area (Å²) in [6.07, 6.45) is 0. The van der Waals surface area contributed by atoms with Crippen LogP contribution in [0.4, 0.5) is 5.69 Å². The van der Waals surface area contributed by atoms with Crippen LogP contribution in [0.1, 0.15) is 10.4 Å². The van der Waals surface area contributed by atoms with Gasteiger partial charge in [-0.1, -0.05) is 34.1 Å². The van der Waals surface area contributed by atoms with Crippen molar-refractivity contribution in [3.63, 3.8) is 0 Å². The molecular weight excluding hydrogens is 456 g/mol. The molecule has 0 saturated carbocycles. The third-order valence-electron chi connectivity index (χ3n) is 3.72. The lowest BCUT2D eigenvalue weighted by molar-refractivity contribution is 0.0957. The highest BCUT2D eigenvalue weighted by Crippen LogP contribution is 2.27. The SMILES string of the molecule is C=C(Br)CNC(=O)c1cc(S(=O)(=O)N(C)c2ccc(OC)cc2)ccc1Cl. The van der Waals surface area contributed by atoms with E-state index in [1.807, 2.05) is 0 Å². The van der Waals surface area contributed by atoms with Crippen molar-refractivity contribution in [3.05, 3.63) is 64.1 Å². The molecular formula is C18H18BrClN2O4S. The molecule has 1 N–H and O–H groups in total. The summed E-state index contributed by atoms with van der Waals surface area (Å²) in [5, 5.41) is 2.75. The number of ether oxygens (including phenoxy) is 1. The Morgan fingerprint density at radius 1 is 1.26 bits per heavy atom. The number of sulfonamides is 1. The van der Waals surface area contributed by atoms with Crippen LogP contribution in [0.15, 0.2) is 58.4 Å². The van der Waals surface area contributed by atoms with E-state index in [1.165, 1.54) is 32.4 Å². The van der Waals surface area contributed by atoms with Crippen molar-refractivity contribution < 1.29 is 17.9 Å². The van der Waals surface area contributed by atoms with Gasteiger partial charge in [0.15, 0.2) is 0 Å². The highest BCUT2D eigenvalue weighted by molar-refractivity contribution is 9.11. The Morgan fingerprint density at radius 3 is 2.44 bits per heavy atom. The van der Waals surface area contributed by atoms with Gasteiger partial charge >= 0.3 is 0 Å². The Labute approximate surface area is 172 Å². The van der Waals surface area contributed by atoms with Crippen LogP contribution in [0, 0.1) is 0 Å². The fourth-order valence-corrected chi connectivity index (χ4v) is 3.77. The van der Waals surface area contributed by atoms with Crippen molar-refractivity contribution >= 4 is 49.1 Å². The maximum atomic E-state index is 12.9. The van der Waals surface area contributed by atoms with E-state index in [2.05, 4.69) is 27.8 Å². The van der Waals surface area contributed by atoms with Gasteiger partial charge in [-0.15, -0.1) is 0 Å². The van der Waals surface area contributed by atoms with Gasteiger partial charge in [0, 0.05) is 18.1 Å². The minimum Gasteiger partial charge on any atom is -0.497 e. The summed E-state index contributed by atoms with van der Waals surface area (Å²) < 4.78 is 32.7. The second-order valence-electron chi connectivity index (χ2n) is 5.51. The third kappa shape index (κ3) is 5.03. The van der Waals surface area contributed by atoms with E-state index in [9.17, 15) is 13.2 Å². The first-order valence-electron chi connectivity index (χ1n) is 7.71. The monoisotopic (exact) mass is 472 g/mol. The Morgan fingerprint density at radius 2 is 1.89 bits per heavy atom. The molecule has 0 fully saturated rings. The number of benzene rings is 2. The number of nitrogens with zero attached hydrogens (tertiary/aromatic N) is 1. The van der Waals surface area contributed by atoms with Gasteiger partial charge in [0.2, 0.25) is 0 Å². The minimum atomic E-state index is -3.89. The maximum Gasteiger partial charge on any atom is 0.264 e. The van der Waals surface area contributed by atoms with Gasteiger partial charge in [-0.25, -0.2) is 8.42 Å². The largest absolute Gasteiger partial charge is 0.497 e. The van der Waals surface area contributed by atoms with Crippen molar-refractivity contribution in [1.82, 2.24) is 5.32 Å². The Kier molecular flexibility index (Phi) is 6.91. The molecule has 0 saturated heterocycles. The lowest BCUT2D eigenvalue weighted by Gasteiger charge is -2.20. The lowest BCUT2D eigenvalue weighted by atomic mass is 10.2. The smallest absolute Gasteiger partial charge is 0.264 e. The number of halogens is 2. The fourth-order valence-electron chi connectivity index (χ4n) is 2.20. The normalized spacial score (nSPS) is 11.0. The van der Waals surface area contributed by atoms with Crippen molar-refractivity contribution in [2.75, 3.05) is 25.0 Å². The van der Waals surface area contributed by atoms with Crippen LogP contribution in [0.5, 0.6) is 5.75 Å². The minimum absolute atomic E-state index is 0.0481. The van der Waals surface area contributed by atoms with Crippen LogP contribution in [0.25, 0.3) is 0 Å². The number of anilines is 1. The first-order chi connectivity index (χ1) is 12.7. The molecule has 0 radical (unpaired) electrons. The second-order valence-corrected chi connectivity index (χ2v) is 9.01. The fraction of sp³-hybridized carbons (Fsp3) is 0.167. The summed E-state index contributed by atoms with van der Waals surface area (Å²) in [7, 11) is -0.929. The second kappa shape index (κ2) is 8.77. The van der Waals surface area contributed by atoms with Crippen molar-refractivity contribution in [1.29, 1.82) is 0 Å². The summed E-state index contributed by atoms with van der Waals surface area (Å²) in [5.74, 6) is 0.119. The molecule has 0 aliphatic carbocycles. The van der Waals surface area contributed by atoms with E-state index in [0.717, 1.165) is 4.31 Å². The van der Waals surface area contributed by atoms with E-state index in [-0.39, 0.29) is 22.0 Å². The van der Waals surface area contributed by atoms with Gasteiger partial charge in [0.05, 0.1) is 28.3 Å². The first-order valence-corrected chi connectivity index (χ1v) is 10.3. The molecule has 27 heavy (non-hydrogen) atoms. The predicted octanol–water partition coefficient (Wildman–Crippen LogP) is 3.81. The summed E-state index contributed by atoms with van der Waals surface area (Å²) >= 11 is 9.21. The molecule has 144 valence electrons. The van der Waals surface area contributed by atoms with E-state index < -0.39 is 15.9 Å². The van der Waals surface area contributed by atoms with Gasteiger partial charge in [-0.2, -0.15) is 0 Å². The number of hydrogen-bond donors (Lipinski definition) is 1. The van der Waals surface area contributed by atoms with Crippen LogP contribution in [0.2, 0.25) is 5.02 Å². The Balaban J connectivity index is 2.35. The van der Waals surface area contributed by atoms with Crippen molar-refractivity contribution in [2.24, 2.45) is 0 Å². The average Bonchev–Trinajstić information content (AvgIpc) is 2.65. The highest BCUT2D eigenvalue weighted by atomic mass is 79.9. The number of carbonyl (C=O) groups excluding carboxylic acids is 1. The molecule has 0 atom stereocenters. The number of amides is 1. The molecule has 0 aliphatic heterocycles. The van der Waals surface area contributed by atoms with Crippen LogP contribution in [-0.4, -0.2) is 35.0 Å². The van der Waals surface area contributed by atoms with E-state index in [1.54, 1.807) is 24.3 Å². The molecule has 2 rings (SSSR count). The topological polar surface area (TPSA) is 75.7 Å². The summed E-state index contributed by atoms with van der Waals surface area (Å²) in [5.41, 5.74) is 0.516. The number of nitrogens with one attached hydrogen (secondary N) is 1. The summed E-state index contributed by atoms with van der Waals surface area (Å²) in [6, 6.07) is 10.6. The summed E-state index contributed by atoms with van der Waals surface area (Å²) in [6.45, 7) is 3.82. The van der Waals surface area contributed by atoms with Crippen LogP contribution >= 0.6 is 27.5 Å². The van der Waals surface area contributed by atoms with Crippen molar-refractivity contribution in [3.8, 4) is 5.75 Å². The molecule has 0 aliphatic rings. The quantitative estimate of drug-likeness (QED) is 0.663. The average molecular weight is 474 g/mol. The molecule has 0 spiro atoms. The molecule has 9 heteroatoms. The Hall–Kier alpha value is -2.03. The Bertz CT molecular complexity index is 962. The maximum absolute atomic E-state index is 12.9. The summed E-state index contributed by atoms with van der Waals surface area (Å²) in [4.78, 5) is 12.2. The molecule has 2 aromatic rings. The predicted molar refractivity (Wildman–Crippen MR) is 110 cm³/mol. The molecule has 2 aromatic carbocycles. The first kappa shape index (κ1) is 21.3.